The van der Waals surface area contributed by atoms with Gasteiger partial charge in [-0.2, -0.15) is 0 Å². The maximum Gasteiger partial charge on any atom is 0.251 e. The molecule has 0 aromatic heterocycles. The normalized spacial score (nSPS) is 10.1. The molecule has 2 aromatic carbocycles. The van der Waals surface area contributed by atoms with Crippen molar-refractivity contribution in [1.82, 2.24) is 10.6 Å². The van der Waals surface area contributed by atoms with Crippen LogP contribution in [0.2, 0.25) is 5.02 Å². The van der Waals surface area contributed by atoms with Gasteiger partial charge < -0.3 is 24.8 Å². The Bertz CT molecular complexity index is 824. The molecule has 0 saturated heterocycles. The Labute approximate surface area is 168 Å². The highest BCUT2D eigenvalue weighted by atomic mass is 35.5. The van der Waals surface area contributed by atoms with E-state index in [4.69, 9.17) is 25.8 Å². The molecule has 2 amide bonds. The summed E-state index contributed by atoms with van der Waals surface area (Å²) in [4.78, 5) is 24.1. The van der Waals surface area contributed by atoms with E-state index in [9.17, 15) is 9.59 Å². The lowest BCUT2D eigenvalue weighted by molar-refractivity contribution is -0.121. The molecule has 8 heteroatoms. The molecule has 28 heavy (non-hydrogen) atoms. The van der Waals surface area contributed by atoms with Gasteiger partial charge in [0.2, 0.25) is 5.91 Å². The third-order valence-corrected chi connectivity index (χ3v) is 4.26. The lowest BCUT2D eigenvalue weighted by atomic mass is 10.1. The minimum atomic E-state index is -0.258. The first-order chi connectivity index (χ1) is 13.5. The Morgan fingerprint density at radius 3 is 2.11 bits per heavy atom. The molecule has 0 aliphatic carbocycles. The van der Waals surface area contributed by atoms with Crippen LogP contribution in [0.5, 0.6) is 17.2 Å². The quantitative estimate of drug-likeness (QED) is 0.668. The van der Waals surface area contributed by atoms with E-state index < -0.39 is 0 Å². The second-order valence-electron chi connectivity index (χ2n) is 5.81. The second kappa shape index (κ2) is 10.4. The van der Waals surface area contributed by atoms with Crippen molar-refractivity contribution in [3.8, 4) is 17.2 Å². The van der Waals surface area contributed by atoms with Gasteiger partial charge in [0.1, 0.15) is 5.75 Å². The first-order valence-corrected chi connectivity index (χ1v) is 8.95. The summed E-state index contributed by atoms with van der Waals surface area (Å²) in [6.45, 7) is 0.476. The number of halogens is 1. The van der Waals surface area contributed by atoms with Crippen LogP contribution in [0.15, 0.2) is 36.4 Å². The summed E-state index contributed by atoms with van der Waals surface area (Å²) in [6, 6.07) is 9.98. The van der Waals surface area contributed by atoms with Crippen molar-refractivity contribution in [2.75, 3.05) is 27.9 Å². The monoisotopic (exact) mass is 406 g/mol. The van der Waals surface area contributed by atoms with Gasteiger partial charge in [0.25, 0.3) is 5.91 Å². The number of benzene rings is 2. The fraction of sp³-hybridized carbons (Fsp3) is 0.300. The van der Waals surface area contributed by atoms with E-state index in [0.717, 1.165) is 5.56 Å². The average Bonchev–Trinajstić information content (AvgIpc) is 2.71. The number of nitrogens with one attached hydrogen (secondary N) is 2. The van der Waals surface area contributed by atoms with Crippen LogP contribution in [0, 0.1) is 0 Å². The number of carbonyl (C=O) groups is 2. The Hall–Kier alpha value is -2.93. The molecule has 7 nitrogen and oxygen atoms in total. The van der Waals surface area contributed by atoms with Crippen molar-refractivity contribution >= 4 is 23.4 Å². The van der Waals surface area contributed by atoms with E-state index in [1.165, 1.54) is 14.2 Å². The summed E-state index contributed by atoms with van der Waals surface area (Å²) in [7, 11) is 4.62. The van der Waals surface area contributed by atoms with Gasteiger partial charge in [-0.3, -0.25) is 9.59 Å². The van der Waals surface area contributed by atoms with E-state index in [1.807, 2.05) is 0 Å². The minimum absolute atomic E-state index is 0.148. The molecule has 2 aromatic rings. The first kappa shape index (κ1) is 21.4. The zero-order chi connectivity index (χ0) is 20.5. The highest BCUT2D eigenvalue weighted by molar-refractivity contribution is 6.30. The first-order valence-electron chi connectivity index (χ1n) is 8.57. The standard InChI is InChI=1S/C20H23ClN2O5/c1-26-16-11-18(28-3)17(27-2)10-14(16)12-23-19(24)8-9-22-20(25)13-4-6-15(21)7-5-13/h4-7,10-11H,8-9,12H2,1-3H3,(H,22,25)(H,23,24). The maximum absolute atomic E-state index is 12.1. The molecule has 0 radical (unpaired) electrons. The fourth-order valence-corrected chi connectivity index (χ4v) is 2.63. The van der Waals surface area contributed by atoms with Crippen molar-refractivity contribution in [1.29, 1.82) is 0 Å². The van der Waals surface area contributed by atoms with Crippen molar-refractivity contribution in [2.45, 2.75) is 13.0 Å². The number of carbonyl (C=O) groups excluding carboxylic acids is 2. The second-order valence-corrected chi connectivity index (χ2v) is 6.24. The summed E-state index contributed by atoms with van der Waals surface area (Å²) in [6.07, 6.45) is 0.148. The van der Waals surface area contributed by atoms with Crippen LogP contribution in [0.3, 0.4) is 0 Å². The van der Waals surface area contributed by atoms with Gasteiger partial charge in [-0.05, 0) is 30.3 Å². The molecule has 0 heterocycles. The lowest BCUT2D eigenvalue weighted by Crippen LogP contribution is -2.30. The molecule has 2 N–H and O–H groups in total. The smallest absolute Gasteiger partial charge is 0.251 e. The lowest BCUT2D eigenvalue weighted by Gasteiger charge is -2.14. The highest BCUT2D eigenvalue weighted by Gasteiger charge is 2.13. The Kier molecular flexibility index (Phi) is 7.95. The SMILES string of the molecule is COc1cc(OC)c(OC)cc1CNC(=O)CCNC(=O)c1ccc(Cl)cc1. The van der Waals surface area contributed by atoms with E-state index >= 15 is 0 Å². The summed E-state index contributed by atoms with van der Waals surface area (Å²) in [5.41, 5.74) is 1.23. The molecule has 0 aliphatic heterocycles. The highest BCUT2D eigenvalue weighted by Crippen LogP contribution is 2.34. The molecular weight excluding hydrogens is 384 g/mol. The number of hydrogen-bond acceptors (Lipinski definition) is 5. The molecule has 0 spiro atoms. The maximum atomic E-state index is 12.1. The summed E-state index contributed by atoms with van der Waals surface area (Å²) >= 11 is 5.80. The molecule has 0 unspecified atom stereocenters. The molecular formula is C20H23ClN2O5. The van der Waals surface area contributed by atoms with Crippen LogP contribution >= 0.6 is 11.6 Å². The van der Waals surface area contributed by atoms with Gasteiger partial charge in [-0.15, -0.1) is 0 Å². The van der Waals surface area contributed by atoms with Gasteiger partial charge >= 0.3 is 0 Å². The van der Waals surface area contributed by atoms with E-state index in [2.05, 4.69) is 10.6 Å². The van der Waals surface area contributed by atoms with E-state index in [1.54, 1.807) is 43.5 Å². The number of amides is 2. The predicted octanol–water partition coefficient (Wildman–Crippen LogP) is 2.80. The van der Waals surface area contributed by atoms with Gasteiger partial charge in [0, 0.05) is 41.7 Å². The van der Waals surface area contributed by atoms with Gasteiger partial charge in [0.05, 0.1) is 21.3 Å². The van der Waals surface area contributed by atoms with Gasteiger partial charge in [-0.25, -0.2) is 0 Å². The molecule has 0 saturated carbocycles. The van der Waals surface area contributed by atoms with E-state index in [0.29, 0.717) is 27.8 Å². The predicted molar refractivity (Wildman–Crippen MR) is 106 cm³/mol. The fourth-order valence-electron chi connectivity index (χ4n) is 2.51. The van der Waals surface area contributed by atoms with Gasteiger partial charge in [-0.1, -0.05) is 11.6 Å². The van der Waals surface area contributed by atoms with Crippen LogP contribution in [-0.4, -0.2) is 39.7 Å². The topological polar surface area (TPSA) is 85.9 Å². The number of methoxy groups -OCH3 is 3. The van der Waals surface area contributed by atoms with Crippen LogP contribution in [0.1, 0.15) is 22.3 Å². The Balaban J connectivity index is 1.85. The summed E-state index contributed by atoms with van der Waals surface area (Å²) in [5, 5.41) is 6.06. The van der Waals surface area contributed by atoms with Crippen LogP contribution in [0.4, 0.5) is 0 Å². The molecule has 150 valence electrons. The van der Waals surface area contributed by atoms with Gasteiger partial charge in [0.15, 0.2) is 11.5 Å². The van der Waals surface area contributed by atoms with Crippen molar-refractivity contribution in [2.24, 2.45) is 0 Å². The van der Waals surface area contributed by atoms with Crippen molar-refractivity contribution < 1.29 is 23.8 Å². The molecule has 0 bridgehead atoms. The van der Waals surface area contributed by atoms with Crippen LogP contribution in [0.25, 0.3) is 0 Å². The third-order valence-electron chi connectivity index (χ3n) is 4.01. The number of ether oxygens (including phenoxy) is 3. The van der Waals surface area contributed by atoms with Crippen molar-refractivity contribution in [3.63, 3.8) is 0 Å². The Morgan fingerprint density at radius 2 is 1.50 bits per heavy atom. The largest absolute Gasteiger partial charge is 0.496 e. The zero-order valence-electron chi connectivity index (χ0n) is 16.0. The molecule has 2 rings (SSSR count). The molecule has 0 fully saturated rings. The number of hydrogen-bond donors (Lipinski definition) is 2. The molecule has 0 aliphatic rings. The zero-order valence-corrected chi connectivity index (χ0v) is 16.8. The summed E-state index contributed by atoms with van der Waals surface area (Å²) in [5.74, 6) is 1.20. The van der Waals surface area contributed by atoms with Crippen LogP contribution in [-0.2, 0) is 11.3 Å². The molecule has 0 atom stereocenters. The van der Waals surface area contributed by atoms with Crippen molar-refractivity contribution in [3.05, 3.63) is 52.5 Å². The third kappa shape index (κ3) is 5.79. The minimum Gasteiger partial charge on any atom is -0.496 e. The van der Waals surface area contributed by atoms with Crippen LogP contribution < -0.4 is 24.8 Å². The average molecular weight is 407 g/mol. The Morgan fingerprint density at radius 1 is 0.893 bits per heavy atom. The summed E-state index contributed by atoms with van der Waals surface area (Å²) < 4.78 is 15.8. The number of rotatable bonds is 9. The van der Waals surface area contributed by atoms with E-state index in [-0.39, 0.29) is 31.3 Å².